The second kappa shape index (κ2) is 44.1. The van der Waals surface area contributed by atoms with Crippen LogP contribution in [0.5, 0.6) is 0 Å². The van der Waals surface area contributed by atoms with Crippen LogP contribution < -0.4 is 40.2 Å². The Balaban J connectivity index is 0.000000268. The SMILES string of the molecule is CC1=[N+](C)c2c(ccc(C)c2C)C1(C)C.CC1=[N+](C)c2c(ccc(C)c2C)C1(C)C.CC1=[N+](C)c2c(ccc(C)c2C)C1(C)C.CC1=[N+](C)c2c(ccc(C)c2C)C1(C)C.CC1=[N+](C)c2c(ccc(C)c2C)C1(C)C.CC1=[N+](C)c2c(ccc(C)c2C)C1(C)C.CC1=[N+](C)c2c(ccc(C)c2C)C1(C)C.CC1=[N+](C)c2c(ccc(C)c2C)C1(C)C.[O-]B([O-])F.[O-]B([O-])F.[O-]B([O-])F.[O-]B([O-])F. The Morgan fingerprint density at radius 1 is 0.162 bits per heavy atom. The summed E-state index contributed by atoms with van der Waals surface area (Å²) in [4.78, 5) is 0. The van der Waals surface area contributed by atoms with Gasteiger partial charge in [-0.1, -0.05) is 97.1 Å². The smallest absolute Gasteiger partial charge is 0.212 e. The van der Waals surface area contributed by atoms with Gasteiger partial charge >= 0.3 is 0 Å². The molecule has 8 heterocycles. The van der Waals surface area contributed by atoms with Crippen LogP contribution >= 0.6 is 0 Å². The molecule has 8 aromatic rings. The lowest BCUT2D eigenvalue weighted by Gasteiger charge is -2.15. The maximum atomic E-state index is 9.89. The van der Waals surface area contributed by atoms with Crippen LogP contribution in [0.3, 0.4) is 0 Å². The Morgan fingerprint density at radius 2 is 0.228 bits per heavy atom. The van der Waals surface area contributed by atoms with Crippen molar-refractivity contribution in [2.45, 2.75) is 320 Å². The van der Waals surface area contributed by atoms with Gasteiger partial charge in [-0.15, -0.1) is 0 Å². The average Bonchev–Trinajstić information content (AvgIpc) is 1.65. The number of hydrogen-bond donors (Lipinski definition) is 0. The largest absolute Gasteiger partial charge is 0.867 e. The number of benzene rings is 8. The van der Waals surface area contributed by atoms with Crippen LogP contribution in [-0.4, -0.2) is 168 Å². The molecular formula is C112H160B4F4N8O8. The lowest BCUT2D eigenvalue weighted by Crippen LogP contribution is -2.39. The molecule has 24 heteroatoms. The highest BCUT2D eigenvalue weighted by Crippen LogP contribution is 2.50. The van der Waals surface area contributed by atoms with Crippen molar-refractivity contribution >= 4 is 121 Å². The molecule has 8 aliphatic heterocycles. The highest BCUT2D eigenvalue weighted by Gasteiger charge is 2.50. The molecule has 0 aromatic heterocycles. The Hall–Kier alpha value is -9.22. The van der Waals surface area contributed by atoms with E-state index in [-0.39, 0.29) is 43.3 Å². The molecule has 0 N–H and O–H groups in total. The Morgan fingerprint density at radius 3 is 0.294 bits per heavy atom. The Labute approximate surface area is 817 Å². The fourth-order valence-electron chi connectivity index (χ4n) is 20.2. The molecule has 0 aliphatic carbocycles. The van der Waals surface area contributed by atoms with Gasteiger partial charge in [0, 0.05) is 144 Å². The minimum atomic E-state index is -3.17. The Kier molecular flexibility index (Phi) is 38.0. The van der Waals surface area contributed by atoms with Gasteiger partial charge in [0.25, 0.3) is 0 Å². The lowest BCUT2D eigenvalue weighted by atomic mass is 9.81. The van der Waals surface area contributed by atoms with Crippen LogP contribution in [0.4, 0.5) is 62.8 Å². The van der Waals surface area contributed by atoms with E-state index in [2.05, 4.69) is 467 Å². The summed E-state index contributed by atoms with van der Waals surface area (Å²) >= 11 is 0. The minimum Gasteiger partial charge on any atom is -0.867 e. The summed E-state index contributed by atoms with van der Waals surface area (Å²) in [6.07, 6.45) is 0. The molecule has 16 rings (SSSR count). The molecule has 8 aromatic carbocycles. The maximum Gasteiger partial charge on any atom is 0.212 e. The van der Waals surface area contributed by atoms with Gasteiger partial charge in [-0.2, -0.15) is 0 Å². The number of nitrogens with zero attached hydrogens (tertiary/aromatic N) is 8. The first kappa shape index (κ1) is 117. The van der Waals surface area contributed by atoms with Crippen molar-refractivity contribution < 1.29 is 94.1 Å². The molecule has 736 valence electrons. The van der Waals surface area contributed by atoms with Crippen molar-refractivity contribution in [1.29, 1.82) is 0 Å². The molecule has 0 unspecified atom stereocenters. The van der Waals surface area contributed by atoms with E-state index in [1.54, 1.807) is 0 Å². The molecule has 0 bridgehead atoms. The number of fused-ring (bicyclic) bond motifs is 8. The zero-order chi connectivity index (χ0) is 105. The van der Waals surface area contributed by atoms with Crippen molar-refractivity contribution in [3.05, 3.63) is 231 Å². The van der Waals surface area contributed by atoms with Crippen LogP contribution in [0, 0.1) is 111 Å². The zero-order valence-electron chi connectivity index (χ0n) is 91.9. The number of hydrogen-bond acceptors (Lipinski definition) is 8. The van der Waals surface area contributed by atoms with E-state index in [0.29, 0.717) is 0 Å². The quantitative estimate of drug-likeness (QED) is 0.0808. The highest BCUT2D eigenvalue weighted by molar-refractivity contribution is 6.28. The van der Waals surface area contributed by atoms with Crippen LogP contribution in [0.15, 0.2) is 97.1 Å². The lowest BCUT2D eigenvalue weighted by molar-refractivity contribution is -0.403. The summed E-state index contributed by atoms with van der Waals surface area (Å²) < 4.78 is 58.3. The number of halogens is 4. The van der Waals surface area contributed by atoms with Crippen LogP contribution in [0.2, 0.25) is 0 Å². The van der Waals surface area contributed by atoms with Crippen molar-refractivity contribution in [2.24, 2.45) is 0 Å². The van der Waals surface area contributed by atoms with Crippen molar-refractivity contribution in [3.63, 3.8) is 0 Å². The first-order valence-corrected chi connectivity index (χ1v) is 47.2. The number of rotatable bonds is 0. The molecule has 0 amide bonds. The van der Waals surface area contributed by atoms with E-state index in [0.717, 1.165) is 0 Å². The summed E-state index contributed by atoms with van der Waals surface area (Å²) in [6.45, 7) is 90.0. The molecule has 0 spiro atoms. The van der Waals surface area contributed by atoms with Crippen molar-refractivity contribution in [1.82, 2.24) is 0 Å². The van der Waals surface area contributed by atoms with E-state index < -0.39 is 29.6 Å². The van der Waals surface area contributed by atoms with E-state index >= 15 is 0 Å². The van der Waals surface area contributed by atoms with Gasteiger partial charge in [0.15, 0.2) is 45.7 Å². The molecule has 0 atom stereocenters. The van der Waals surface area contributed by atoms with Crippen LogP contribution in [-0.2, 0) is 43.3 Å². The summed E-state index contributed by atoms with van der Waals surface area (Å²) in [5, 5.41) is 66.4. The van der Waals surface area contributed by atoms with Gasteiger partial charge in [-0.05, 0) is 266 Å². The minimum absolute atomic E-state index is 0.183. The van der Waals surface area contributed by atoms with Gasteiger partial charge in [-0.25, -0.2) is 36.6 Å². The predicted octanol–water partition coefficient (Wildman–Crippen LogP) is 17.3. The van der Waals surface area contributed by atoms with Gasteiger partial charge < -0.3 is 57.5 Å². The second-order valence-electron chi connectivity index (χ2n) is 42.5. The predicted molar refractivity (Wildman–Crippen MR) is 551 cm³/mol. The van der Waals surface area contributed by atoms with E-state index in [1.165, 1.54) is 225 Å². The van der Waals surface area contributed by atoms with Gasteiger partial charge in [-0.3, -0.25) is 0 Å². The van der Waals surface area contributed by atoms with E-state index in [9.17, 15) is 17.3 Å². The van der Waals surface area contributed by atoms with E-state index in [4.69, 9.17) is 40.2 Å². The molecule has 8 aliphatic rings. The summed E-state index contributed by atoms with van der Waals surface area (Å²) in [6, 6.07) is 36.2. The zero-order valence-corrected chi connectivity index (χ0v) is 91.9. The number of aryl methyl sites for hydroxylation is 8. The van der Waals surface area contributed by atoms with Gasteiger partial charge in [0.1, 0.15) is 86.0 Å². The summed E-state index contributed by atoms with van der Waals surface area (Å²) in [5.41, 5.74) is 58.4. The molecule has 0 saturated carbocycles. The molecule has 0 saturated heterocycles. The molecule has 0 radical (unpaired) electrons. The monoisotopic (exact) mass is 1870 g/mol. The third-order valence-electron chi connectivity index (χ3n) is 32.9. The van der Waals surface area contributed by atoms with Gasteiger partial charge in [0.2, 0.25) is 45.5 Å². The topological polar surface area (TPSA) is 209 Å². The molecular weight excluding hydrogens is 1700 g/mol. The summed E-state index contributed by atoms with van der Waals surface area (Å²) in [5.74, 6) is 0. The second-order valence-corrected chi connectivity index (χ2v) is 42.5. The van der Waals surface area contributed by atoms with Crippen LogP contribution in [0.1, 0.15) is 300 Å². The first-order chi connectivity index (χ1) is 61.9. The third kappa shape index (κ3) is 23.2. The molecule has 16 nitrogen and oxygen atoms in total. The maximum absolute atomic E-state index is 9.89. The fourth-order valence-corrected chi connectivity index (χ4v) is 20.2. The standard InChI is InChI=1S/8C14H20N.4BFO2/c8*1-9-7-8-12-13(10(9)2)15(6)11(3)14(12,4)5;4*2-1(3)4/h8*7-8H,1-6H3;;;;/q8*+1;4*-2. The van der Waals surface area contributed by atoms with Crippen LogP contribution in [0.25, 0.3) is 0 Å². The Bertz CT molecular complexity index is 5080. The average molecular weight is 1870 g/mol. The molecule has 136 heavy (non-hydrogen) atoms. The van der Waals surface area contributed by atoms with Gasteiger partial charge in [0.05, 0.1) is 43.3 Å². The molecule has 0 fully saturated rings. The first-order valence-electron chi connectivity index (χ1n) is 47.2. The fraction of sp³-hybridized carbons (Fsp3) is 0.500. The van der Waals surface area contributed by atoms with E-state index in [1.807, 2.05) is 0 Å². The van der Waals surface area contributed by atoms with Crippen molar-refractivity contribution in [3.8, 4) is 0 Å². The summed E-state index contributed by atoms with van der Waals surface area (Å²) in [7, 11) is 4.74. The highest BCUT2D eigenvalue weighted by atomic mass is 19.1. The van der Waals surface area contributed by atoms with Crippen molar-refractivity contribution in [2.75, 3.05) is 56.4 Å². The normalized spacial score (nSPS) is 16.9. The third-order valence-corrected chi connectivity index (χ3v) is 32.9.